The normalized spacial score (nSPS) is 33.2. The van der Waals surface area contributed by atoms with Crippen molar-refractivity contribution in [3.05, 3.63) is 35.4 Å². The number of fused-ring (bicyclic) bond motifs is 1. The van der Waals surface area contributed by atoms with Crippen LogP contribution in [0.15, 0.2) is 24.3 Å². The highest BCUT2D eigenvalue weighted by molar-refractivity contribution is 5.82. The summed E-state index contributed by atoms with van der Waals surface area (Å²) in [6, 6.07) is 7.32. The summed E-state index contributed by atoms with van der Waals surface area (Å²) in [7, 11) is 0. The molecule has 0 bridgehead atoms. The fourth-order valence-electron chi connectivity index (χ4n) is 3.13. The van der Waals surface area contributed by atoms with Crippen LogP contribution in [0.1, 0.15) is 29.9 Å². The first kappa shape index (κ1) is 10.7. The van der Waals surface area contributed by atoms with E-state index in [2.05, 4.69) is 0 Å². The minimum absolute atomic E-state index is 0.515. The maximum atomic E-state index is 13.5. The van der Waals surface area contributed by atoms with Gasteiger partial charge in [-0.05, 0) is 24.0 Å². The highest BCUT2D eigenvalue weighted by atomic mass is 19.3. The number of carboxylic acid groups (broad SMARTS) is 1. The van der Waals surface area contributed by atoms with Crippen LogP contribution >= 0.6 is 0 Å². The van der Waals surface area contributed by atoms with E-state index in [-0.39, 0.29) is 0 Å². The molecular formula is C13H12F2O2. The van der Waals surface area contributed by atoms with E-state index in [9.17, 15) is 13.6 Å². The van der Waals surface area contributed by atoms with Gasteiger partial charge in [0.1, 0.15) is 5.41 Å². The fraction of sp³-hybridized carbons (Fsp3) is 0.462. The van der Waals surface area contributed by atoms with Crippen molar-refractivity contribution in [2.75, 3.05) is 0 Å². The van der Waals surface area contributed by atoms with Crippen molar-refractivity contribution >= 4 is 5.97 Å². The molecule has 0 radical (unpaired) electrons. The summed E-state index contributed by atoms with van der Waals surface area (Å²) in [6.07, 6.45) is 0.696. The van der Waals surface area contributed by atoms with Gasteiger partial charge in [-0.3, -0.25) is 4.79 Å². The van der Waals surface area contributed by atoms with E-state index in [0.29, 0.717) is 12.8 Å². The van der Waals surface area contributed by atoms with E-state index in [1.807, 2.05) is 12.1 Å². The lowest BCUT2D eigenvalue weighted by molar-refractivity contribution is -0.149. The number of carbonyl (C=O) groups is 1. The number of alkyl halides is 2. The summed E-state index contributed by atoms with van der Waals surface area (Å²) in [6.45, 7) is 0. The first-order valence-electron chi connectivity index (χ1n) is 5.68. The maximum absolute atomic E-state index is 13.5. The SMILES string of the molecule is O=C(O)C1(C2CCc3ccccc32)CC1(F)F. The number of aliphatic carboxylic acids is 1. The van der Waals surface area contributed by atoms with Gasteiger partial charge < -0.3 is 5.11 Å². The Balaban J connectivity index is 2.05. The van der Waals surface area contributed by atoms with Crippen LogP contribution in [0.2, 0.25) is 0 Å². The molecule has 1 aromatic carbocycles. The second-order valence-corrected chi connectivity index (χ2v) is 4.95. The molecule has 0 heterocycles. The average Bonchev–Trinajstić information content (AvgIpc) is 2.70. The van der Waals surface area contributed by atoms with Gasteiger partial charge in [0.15, 0.2) is 0 Å². The van der Waals surface area contributed by atoms with E-state index in [0.717, 1.165) is 11.1 Å². The van der Waals surface area contributed by atoms with Gasteiger partial charge in [-0.2, -0.15) is 0 Å². The van der Waals surface area contributed by atoms with Gasteiger partial charge >= 0.3 is 5.97 Å². The molecule has 0 spiro atoms. The zero-order valence-corrected chi connectivity index (χ0v) is 9.12. The Morgan fingerprint density at radius 2 is 2.00 bits per heavy atom. The highest BCUT2D eigenvalue weighted by Gasteiger charge is 2.79. The van der Waals surface area contributed by atoms with Crippen LogP contribution < -0.4 is 0 Å². The van der Waals surface area contributed by atoms with E-state index in [1.165, 1.54) is 0 Å². The van der Waals surface area contributed by atoms with Crippen LogP contribution in [0.25, 0.3) is 0 Å². The van der Waals surface area contributed by atoms with Crippen molar-refractivity contribution in [3.63, 3.8) is 0 Å². The highest BCUT2D eigenvalue weighted by Crippen LogP contribution is 2.69. The Bertz CT molecular complexity index is 498. The first-order valence-corrected chi connectivity index (χ1v) is 5.68. The van der Waals surface area contributed by atoms with Gasteiger partial charge in [0, 0.05) is 12.3 Å². The minimum Gasteiger partial charge on any atom is -0.481 e. The van der Waals surface area contributed by atoms with Gasteiger partial charge in [-0.1, -0.05) is 24.3 Å². The fourth-order valence-corrected chi connectivity index (χ4v) is 3.13. The molecule has 0 amide bonds. The van der Waals surface area contributed by atoms with Crippen molar-refractivity contribution in [1.29, 1.82) is 0 Å². The molecular weight excluding hydrogens is 226 g/mol. The number of hydrogen-bond acceptors (Lipinski definition) is 1. The molecule has 90 valence electrons. The topological polar surface area (TPSA) is 37.3 Å². The number of halogens is 2. The minimum atomic E-state index is -3.05. The molecule has 1 saturated carbocycles. The Hall–Kier alpha value is -1.45. The number of hydrogen-bond donors (Lipinski definition) is 1. The van der Waals surface area contributed by atoms with Crippen molar-refractivity contribution in [3.8, 4) is 0 Å². The van der Waals surface area contributed by atoms with Crippen molar-refractivity contribution < 1.29 is 18.7 Å². The van der Waals surface area contributed by atoms with E-state index in [1.54, 1.807) is 12.1 Å². The van der Waals surface area contributed by atoms with Gasteiger partial charge in [-0.15, -0.1) is 0 Å². The summed E-state index contributed by atoms with van der Waals surface area (Å²) >= 11 is 0. The molecule has 2 aliphatic rings. The number of rotatable bonds is 2. The Labute approximate surface area is 97.3 Å². The zero-order chi connectivity index (χ0) is 12.3. The van der Waals surface area contributed by atoms with Crippen LogP contribution in [-0.4, -0.2) is 17.0 Å². The molecule has 4 heteroatoms. The monoisotopic (exact) mass is 238 g/mol. The van der Waals surface area contributed by atoms with Crippen LogP contribution in [0.3, 0.4) is 0 Å². The second kappa shape index (κ2) is 3.06. The number of carboxylic acids is 1. The lowest BCUT2D eigenvalue weighted by Crippen LogP contribution is -2.28. The Kier molecular flexibility index (Phi) is 1.92. The number of aryl methyl sites for hydroxylation is 1. The predicted molar refractivity (Wildman–Crippen MR) is 57.1 cm³/mol. The van der Waals surface area contributed by atoms with E-state index < -0.39 is 29.6 Å². The Morgan fingerprint density at radius 3 is 2.59 bits per heavy atom. The maximum Gasteiger partial charge on any atom is 0.316 e. The average molecular weight is 238 g/mol. The predicted octanol–water partition coefficient (Wildman–Crippen LogP) is 2.83. The summed E-state index contributed by atoms with van der Waals surface area (Å²) in [5.41, 5.74) is -0.0347. The zero-order valence-electron chi connectivity index (χ0n) is 9.12. The lowest BCUT2D eigenvalue weighted by atomic mass is 9.84. The molecule has 1 N–H and O–H groups in total. The van der Waals surface area contributed by atoms with Crippen LogP contribution in [-0.2, 0) is 11.2 Å². The molecule has 0 saturated heterocycles. The number of benzene rings is 1. The third-order valence-electron chi connectivity index (χ3n) is 4.14. The molecule has 0 aliphatic heterocycles. The third kappa shape index (κ3) is 1.21. The van der Waals surface area contributed by atoms with Crippen LogP contribution in [0, 0.1) is 5.41 Å². The molecule has 2 nitrogen and oxygen atoms in total. The molecule has 1 fully saturated rings. The van der Waals surface area contributed by atoms with Gasteiger partial charge in [0.25, 0.3) is 5.92 Å². The first-order chi connectivity index (χ1) is 7.99. The lowest BCUT2D eigenvalue weighted by Gasteiger charge is -2.20. The summed E-state index contributed by atoms with van der Waals surface area (Å²) in [4.78, 5) is 11.2. The van der Waals surface area contributed by atoms with Crippen molar-refractivity contribution in [1.82, 2.24) is 0 Å². The Morgan fingerprint density at radius 1 is 1.35 bits per heavy atom. The summed E-state index contributed by atoms with van der Waals surface area (Å²) in [5, 5.41) is 9.15. The van der Waals surface area contributed by atoms with Crippen molar-refractivity contribution in [2.45, 2.75) is 31.1 Å². The molecule has 17 heavy (non-hydrogen) atoms. The van der Waals surface area contributed by atoms with Gasteiger partial charge in [-0.25, -0.2) is 8.78 Å². The third-order valence-corrected chi connectivity index (χ3v) is 4.14. The van der Waals surface area contributed by atoms with Crippen LogP contribution in [0.5, 0.6) is 0 Å². The summed E-state index contributed by atoms with van der Waals surface area (Å²) < 4.78 is 26.9. The van der Waals surface area contributed by atoms with E-state index >= 15 is 0 Å². The molecule has 2 aliphatic carbocycles. The molecule has 3 rings (SSSR count). The standard InChI is InChI=1S/C13H12F2O2/c14-13(15)7-12(13,11(16)17)10-6-5-8-3-1-2-4-9(8)10/h1-4,10H,5-7H2,(H,16,17). The largest absolute Gasteiger partial charge is 0.481 e. The quantitative estimate of drug-likeness (QED) is 0.860. The van der Waals surface area contributed by atoms with Crippen LogP contribution in [0.4, 0.5) is 8.78 Å². The summed E-state index contributed by atoms with van der Waals surface area (Å²) in [5.74, 6) is -4.95. The van der Waals surface area contributed by atoms with Gasteiger partial charge in [0.05, 0.1) is 0 Å². The molecule has 0 aromatic heterocycles. The molecule has 2 atom stereocenters. The van der Waals surface area contributed by atoms with Gasteiger partial charge in [0.2, 0.25) is 0 Å². The van der Waals surface area contributed by atoms with E-state index in [4.69, 9.17) is 5.11 Å². The molecule has 2 unspecified atom stereocenters. The van der Waals surface area contributed by atoms with Crippen molar-refractivity contribution in [2.24, 2.45) is 5.41 Å². The molecule has 1 aromatic rings. The smallest absolute Gasteiger partial charge is 0.316 e. The second-order valence-electron chi connectivity index (χ2n) is 4.95.